The van der Waals surface area contributed by atoms with Gasteiger partial charge in [0.25, 0.3) is 5.91 Å². The van der Waals surface area contributed by atoms with Crippen LogP contribution in [0.2, 0.25) is 0 Å². The molecule has 0 atom stereocenters. The van der Waals surface area contributed by atoms with Crippen molar-refractivity contribution in [3.8, 4) is 0 Å². The normalized spacial score (nSPS) is 11.6. The fraction of sp³-hybridized carbons (Fsp3) is 0.143. The number of thiophene rings is 1. The third-order valence-corrected chi connectivity index (χ3v) is 6.83. The summed E-state index contributed by atoms with van der Waals surface area (Å²) < 4.78 is 29.3. The van der Waals surface area contributed by atoms with Crippen molar-refractivity contribution < 1.29 is 13.2 Å². The molecule has 0 fully saturated rings. The molecule has 4 aromatic rings. The van der Waals surface area contributed by atoms with E-state index in [2.05, 4.69) is 15.0 Å². The topological polar surface area (TPSA) is 92.6 Å². The number of hydrogen-bond donors (Lipinski definition) is 2. The smallest absolute Gasteiger partial charge is 0.251 e. The number of aromatic nitrogens is 2. The van der Waals surface area contributed by atoms with Crippen LogP contribution in [0.4, 0.5) is 0 Å². The summed E-state index contributed by atoms with van der Waals surface area (Å²) >= 11 is 1.48. The van der Waals surface area contributed by atoms with Crippen molar-refractivity contribution in [2.75, 3.05) is 0 Å². The van der Waals surface area contributed by atoms with E-state index in [1.807, 2.05) is 53.4 Å². The quantitative estimate of drug-likeness (QED) is 0.462. The number of aryl methyl sites for hydroxylation is 1. The highest BCUT2D eigenvalue weighted by Crippen LogP contribution is 2.14. The molecule has 0 aliphatic rings. The predicted octanol–water partition coefficient (Wildman–Crippen LogP) is 3.11. The van der Waals surface area contributed by atoms with Crippen LogP contribution in [0.25, 0.3) is 5.65 Å². The summed E-state index contributed by atoms with van der Waals surface area (Å²) in [6, 6.07) is 13.6. The highest BCUT2D eigenvalue weighted by Gasteiger charge is 2.15. The Balaban J connectivity index is 1.38. The van der Waals surface area contributed by atoms with Crippen LogP contribution in [-0.4, -0.2) is 23.7 Å². The first-order chi connectivity index (χ1) is 14.4. The van der Waals surface area contributed by atoms with Gasteiger partial charge in [-0.05, 0) is 60.3 Å². The van der Waals surface area contributed by atoms with Crippen molar-refractivity contribution in [3.63, 3.8) is 0 Å². The first-order valence-electron chi connectivity index (χ1n) is 9.25. The molecule has 1 amide bonds. The molecule has 4 rings (SSSR count). The van der Waals surface area contributed by atoms with Gasteiger partial charge in [-0.1, -0.05) is 6.07 Å². The number of carbonyl (C=O) groups excluding carboxylic acids is 1. The Hall–Kier alpha value is -3.01. The lowest BCUT2D eigenvalue weighted by atomic mass is 10.2. The SMILES string of the molecule is Cc1ccn2cc(CNC(=O)c3ccc(S(=O)(=O)NCc4cccs4)cc3)nc2c1. The van der Waals surface area contributed by atoms with Crippen LogP contribution in [0.1, 0.15) is 26.5 Å². The fourth-order valence-electron chi connectivity index (χ4n) is 2.94. The minimum atomic E-state index is -3.64. The summed E-state index contributed by atoms with van der Waals surface area (Å²) in [4.78, 5) is 18.0. The van der Waals surface area contributed by atoms with E-state index in [0.717, 1.165) is 21.8 Å². The molecule has 0 radical (unpaired) electrons. The number of pyridine rings is 1. The van der Waals surface area contributed by atoms with E-state index >= 15 is 0 Å². The number of fused-ring (bicyclic) bond motifs is 1. The van der Waals surface area contributed by atoms with Crippen molar-refractivity contribution in [3.05, 3.63) is 88.0 Å². The van der Waals surface area contributed by atoms with Gasteiger partial charge in [-0.3, -0.25) is 4.79 Å². The van der Waals surface area contributed by atoms with Crippen LogP contribution in [0.3, 0.4) is 0 Å². The van der Waals surface area contributed by atoms with Crippen LogP contribution >= 0.6 is 11.3 Å². The highest BCUT2D eigenvalue weighted by atomic mass is 32.2. The summed E-state index contributed by atoms with van der Waals surface area (Å²) in [6.45, 7) is 2.51. The van der Waals surface area contributed by atoms with Crippen LogP contribution in [-0.2, 0) is 23.1 Å². The van der Waals surface area contributed by atoms with Gasteiger partial charge >= 0.3 is 0 Å². The Morgan fingerprint density at radius 3 is 2.67 bits per heavy atom. The van der Waals surface area contributed by atoms with Crippen LogP contribution in [0.15, 0.2) is 71.2 Å². The molecule has 0 bridgehead atoms. The second-order valence-corrected chi connectivity index (χ2v) is 9.61. The second-order valence-electron chi connectivity index (χ2n) is 6.81. The van der Waals surface area contributed by atoms with E-state index in [-0.39, 0.29) is 23.9 Å². The molecule has 9 heteroatoms. The molecule has 2 N–H and O–H groups in total. The fourth-order valence-corrected chi connectivity index (χ4v) is 4.68. The van der Waals surface area contributed by atoms with Crippen molar-refractivity contribution in [2.24, 2.45) is 0 Å². The molecule has 0 aliphatic carbocycles. The number of amides is 1. The first-order valence-corrected chi connectivity index (χ1v) is 11.6. The Morgan fingerprint density at radius 1 is 1.13 bits per heavy atom. The van der Waals surface area contributed by atoms with Gasteiger partial charge < -0.3 is 9.72 Å². The number of benzene rings is 1. The number of imidazole rings is 1. The average Bonchev–Trinajstić information content (AvgIpc) is 3.40. The van der Waals surface area contributed by atoms with Gasteiger partial charge in [0, 0.05) is 29.4 Å². The lowest BCUT2D eigenvalue weighted by Crippen LogP contribution is -2.24. The van der Waals surface area contributed by atoms with Gasteiger partial charge in [0.1, 0.15) is 5.65 Å². The molecule has 154 valence electrons. The molecule has 0 saturated carbocycles. The van der Waals surface area contributed by atoms with E-state index < -0.39 is 10.0 Å². The molecule has 3 aromatic heterocycles. The van der Waals surface area contributed by atoms with Gasteiger partial charge in [-0.2, -0.15) is 0 Å². The van der Waals surface area contributed by atoms with E-state index in [9.17, 15) is 13.2 Å². The molecule has 30 heavy (non-hydrogen) atoms. The zero-order valence-electron chi connectivity index (χ0n) is 16.2. The van der Waals surface area contributed by atoms with Gasteiger partial charge in [0.2, 0.25) is 10.0 Å². The molecular formula is C21H20N4O3S2. The van der Waals surface area contributed by atoms with Crippen molar-refractivity contribution in [2.45, 2.75) is 24.9 Å². The number of rotatable bonds is 7. The Labute approximate surface area is 178 Å². The second kappa shape index (κ2) is 8.39. The molecular weight excluding hydrogens is 420 g/mol. The Bertz CT molecular complexity index is 1280. The minimum absolute atomic E-state index is 0.117. The zero-order chi connectivity index (χ0) is 21.1. The molecule has 0 saturated heterocycles. The molecule has 0 spiro atoms. The summed E-state index contributed by atoms with van der Waals surface area (Å²) in [5.74, 6) is -0.293. The van der Waals surface area contributed by atoms with Gasteiger partial charge in [0.05, 0.1) is 17.1 Å². The minimum Gasteiger partial charge on any atom is -0.346 e. The first kappa shape index (κ1) is 20.3. The third kappa shape index (κ3) is 4.59. The molecule has 0 aliphatic heterocycles. The number of nitrogens with one attached hydrogen (secondary N) is 2. The average molecular weight is 441 g/mol. The van der Waals surface area contributed by atoms with Gasteiger partial charge in [-0.25, -0.2) is 18.1 Å². The molecule has 0 unspecified atom stereocenters. The lowest BCUT2D eigenvalue weighted by molar-refractivity contribution is 0.0950. The third-order valence-electron chi connectivity index (χ3n) is 4.54. The summed E-state index contributed by atoms with van der Waals surface area (Å²) in [7, 11) is -3.64. The van der Waals surface area contributed by atoms with E-state index in [1.165, 1.54) is 35.6 Å². The predicted molar refractivity (Wildman–Crippen MR) is 116 cm³/mol. The van der Waals surface area contributed by atoms with Gasteiger partial charge in [0.15, 0.2) is 0 Å². The number of carbonyl (C=O) groups is 1. The van der Waals surface area contributed by atoms with Gasteiger partial charge in [-0.15, -0.1) is 11.3 Å². The zero-order valence-corrected chi connectivity index (χ0v) is 17.8. The maximum absolute atomic E-state index is 12.4. The van der Waals surface area contributed by atoms with E-state index in [0.29, 0.717) is 5.56 Å². The number of sulfonamides is 1. The Kier molecular flexibility index (Phi) is 5.67. The van der Waals surface area contributed by atoms with Crippen LogP contribution in [0.5, 0.6) is 0 Å². The summed E-state index contributed by atoms with van der Waals surface area (Å²) in [6.07, 6.45) is 3.79. The standard InChI is InChI=1S/C21H20N4O3S2/c1-15-8-9-25-14-17(24-20(25)11-15)12-22-21(26)16-4-6-19(7-5-16)30(27,28)23-13-18-3-2-10-29-18/h2-11,14,23H,12-13H2,1H3,(H,22,26). The Morgan fingerprint density at radius 2 is 1.93 bits per heavy atom. The van der Waals surface area contributed by atoms with Crippen LogP contribution < -0.4 is 10.0 Å². The van der Waals surface area contributed by atoms with Crippen molar-refractivity contribution in [1.82, 2.24) is 19.4 Å². The largest absolute Gasteiger partial charge is 0.346 e. The van der Waals surface area contributed by atoms with E-state index in [4.69, 9.17) is 0 Å². The highest BCUT2D eigenvalue weighted by molar-refractivity contribution is 7.89. The number of hydrogen-bond acceptors (Lipinski definition) is 5. The summed E-state index contributed by atoms with van der Waals surface area (Å²) in [5, 5.41) is 4.71. The maximum Gasteiger partial charge on any atom is 0.251 e. The van der Waals surface area contributed by atoms with Crippen molar-refractivity contribution >= 4 is 32.9 Å². The molecule has 1 aromatic carbocycles. The maximum atomic E-state index is 12.4. The van der Waals surface area contributed by atoms with Crippen LogP contribution in [0, 0.1) is 6.92 Å². The van der Waals surface area contributed by atoms with Crippen molar-refractivity contribution in [1.29, 1.82) is 0 Å². The summed E-state index contributed by atoms with van der Waals surface area (Å²) in [5.41, 5.74) is 3.06. The monoisotopic (exact) mass is 440 g/mol. The molecule has 3 heterocycles. The van der Waals surface area contributed by atoms with E-state index in [1.54, 1.807) is 0 Å². The lowest BCUT2D eigenvalue weighted by Gasteiger charge is -2.07. The number of nitrogens with zero attached hydrogens (tertiary/aromatic N) is 2. The molecule has 7 nitrogen and oxygen atoms in total.